The van der Waals surface area contributed by atoms with Gasteiger partial charge in [0.1, 0.15) is 0 Å². The Kier molecular flexibility index (Phi) is 2.86. The van der Waals surface area contributed by atoms with Crippen LogP contribution in [-0.2, 0) is 13.0 Å². The highest BCUT2D eigenvalue weighted by Crippen LogP contribution is 2.07. The molecule has 0 bridgehead atoms. The highest BCUT2D eigenvalue weighted by atomic mass is 15.3. The fourth-order valence-corrected chi connectivity index (χ4v) is 1.62. The molecule has 1 heterocycles. The predicted octanol–water partition coefficient (Wildman–Crippen LogP) is 2.80. The fourth-order valence-electron chi connectivity index (χ4n) is 1.62. The number of rotatable bonds is 3. The summed E-state index contributed by atoms with van der Waals surface area (Å²) in [7, 11) is 0. The molecule has 2 aromatic rings. The number of aromatic nitrogens is 2. The topological polar surface area (TPSA) is 17.8 Å². The molecular formula is C13H16N2. The summed E-state index contributed by atoms with van der Waals surface area (Å²) in [5.74, 6) is 0. The summed E-state index contributed by atoms with van der Waals surface area (Å²) in [4.78, 5) is 0. The van der Waals surface area contributed by atoms with Crippen molar-refractivity contribution >= 4 is 0 Å². The van der Waals surface area contributed by atoms with Crippen molar-refractivity contribution in [3.8, 4) is 0 Å². The lowest BCUT2D eigenvalue weighted by atomic mass is 10.1. The minimum Gasteiger partial charge on any atom is -0.268 e. The van der Waals surface area contributed by atoms with Crippen LogP contribution < -0.4 is 0 Å². The predicted molar refractivity (Wildman–Crippen MR) is 61.9 cm³/mol. The molecule has 0 unspecified atom stereocenters. The lowest BCUT2D eigenvalue weighted by Crippen LogP contribution is -1.99. The quantitative estimate of drug-likeness (QED) is 0.745. The second-order valence-electron chi connectivity index (χ2n) is 3.89. The lowest BCUT2D eigenvalue weighted by Gasteiger charge is -2.02. The molecule has 0 N–H and O–H groups in total. The zero-order valence-electron chi connectivity index (χ0n) is 9.27. The first kappa shape index (κ1) is 9.97. The molecule has 2 rings (SSSR count). The van der Waals surface area contributed by atoms with Crippen LogP contribution >= 0.6 is 0 Å². The molecule has 0 atom stereocenters. The van der Waals surface area contributed by atoms with Crippen molar-refractivity contribution in [2.45, 2.75) is 26.8 Å². The van der Waals surface area contributed by atoms with E-state index < -0.39 is 0 Å². The van der Waals surface area contributed by atoms with E-state index in [9.17, 15) is 0 Å². The minimum absolute atomic E-state index is 0.859. The average molecular weight is 200 g/mol. The van der Waals surface area contributed by atoms with Crippen molar-refractivity contribution in [3.63, 3.8) is 0 Å². The maximum Gasteiger partial charge on any atom is 0.0659 e. The van der Waals surface area contributed by atoms with Gasteiger partial charge >= 0.3 is 0 Å². The first-order valence-corrected chi connectivity index (χ1v) is 5.35. The summed E-state index contributed by atoms with van der Waals surface area (Å²) < 4.78 is 1.97. The summed E-state index contributed by atoms with van der Waals surface area (Å²) in [6, 6.07) is 8.73. The molecule has 0 saturated heterocycles. The third-order valence-corrected chi connectivity index (χ3v) is 2.54. The van der Waals surface area contributed by atoms with Gasteiger partial charge in [-0.1, -0.05) is 31.2 Å². The van der Waals surface area contributed by atoms with Crippen LogP contribution in [0, 0.1) is 6.92 Å². The standard InChI is InChI=1S/C13H16N2/c1-3-12-4-6-13(7-5-12)10-15-9-11(2)8-14-15/h4-9H,3,10H2,1-2H3. The van der Waals surface area contributed by atoms with Gasteiger partial charge in [-0.25, -0.2) is 0 Å². The van der Waals surface area contributed by atoms with E-state index in [0.29, 0.717) is 0 Å². The third kappa shape index (κ3) is 2.46. The largest absolute Gasteiger partial charge is 0.268 e. The van der Waals surface area contributed by atoms with Crippen molar-refractivity contribution in [1.82, 2.24) is 9.78 Å². The zero-order chi connectivity index (χ0) is 10.7. The molecule has 0 aliphatic carbocycles. The molecule has 1 aromatic carbocycles. The van der Waals surface area contributed by atoms with Crippen LogP contribution in [-0.4, -0.2) is 9.78 Å². The maximum atomic E-state index is 4.27. The summed E-state index contributed by atoms with van der Waals surface area (Å²) in [6.45, 7) is 5.09. The van der Waals surface area contributed by atoms with Crippen molar-refractivity contribution < 1.29 is 0 Å². The van der Waals surface area contributed by atoms with Crippen molar-refractivity contribution in [2.75, 3.05) is 0 Å². The monoisotopic (exact) mass is 200 g/mol. The second-order valence-corrected chi connectivity index (χ2v) is 3.89. The van der Waals surface area contributed by atoms with Crippen LogP contribution in [0.3, 0.4) is 0 Å². The maximum absolute atomic E-state index is 4.27. The number of aryl methyl sites for hydroxylation is 2. The van der Waals surface area contributed by atoms with Gasteiger partial charge in [-0.3, -0.25) is 4.68 Å². The van der Waals surface area contributed by atoms with Crippen LogP contribution in [0.25, 0.3) is 0 Å². The van der Waals surface area contributed by atoms with Crippen LogP contribution in [0.5, 0.6) is 0 Å². The Hall–Kier alpha value is -1.57. The van der Waals surface area contributed by atoms with Crippen molar-refractivity contribution in [1.29, 1.82) is 0 Å². The number of benzene rings is 1. The Morgan fingerprint density at radius 1 is 1.13 bits per heavy atom. The van der Waals surface area contributed by atoms with Gasteiger partial charge in [-0.2, -0.15) is 5.10 Å². The van der Waals surface area contributed by atoms with Crippen LogP contribution in [0.15, 0.2) is 36.7 Å². The SMILES string of the molecule is CCc1ccc(Cn2cc(C)cn2)cc1. The molecular weight excluding hydrogens is 184 g/mol. The third-order valence-electron chi connectivity index (χ3n) is 2.54. The molecule has 15 heavy (non-hydrogen) atoms. The average Bonchev–Trinajstić information content (AvgIpc) is 2.65. The first-order chi connectivity index (χ1) is 7.28. The second kappa shape index (κ2) is 4.30. The molecule has 1 aromatic heterocycles. The number of nitrogens with zero attached hydrogens (tertiary/aromatic N) is 2. The van der Waals surface area contributed by atoms with E-state index in [2.05, 4.69) is 49.4 Å². The van der Waals surface area contributed by atoms with Gasteiger partial charge in [0, 0.05) is 6.20 Å². The van der Waals surface area contributed by atoms with Crippen molar-refractivity contribution in [3.05, 3.63) is 53.3 Å². The molecule has 2 nitrogen and oxygen atoms in total. The summed E-state index contributed by atoms with van der Waals surface area (Å²) >= 11 is 0. The van der Waals surface area contributed by atoms with Crippen molar-refractivity contribution in [2.24, 2.45) is 0 Å². The van der Waals surface area contributed by atoms with Crippen LogP contribution in [0.2, 0.25) is 0 Å². The molecule has 0 aliphatic rings. The van der Waals surface area contributed by atoms with Gasteiger partial charge in [0.25, 0.3) is 0 Å². The summed E-state index contributed by atoms with van der Waals surface area (Å²) in [5.41, 5.74) is 3.89. The Bertz CT molecular complexity index is 426. The molecule has 0 fully saturated rings. The van der Waals surface area contributed by atoms with E-state index in [1.807, 2.05) is 10.9 Å². The van der Waals surface area contributed by atoms with Gasteiger partial charge in [0.2, 0.25) is 0 Å². The molecule has 0 aliphatic heterocycles. The molecule has 0 radical (unpaired) electrons. The highest BCUT2D eigenvalue weighted by molar-refractivity contribution is 5.22. The van der Waals surface area contributed by atoms with Gasteiger partial charge in [0.15, 0.2) is 0 Å². The van der Waals surface area contributed by atoms with E-state index in [4.69, 9.17) is 0 Å². The van der Waals surface area contributed by atoms with Crippen LogP contribution in [0.4, 0.5) is 0 Å². The van der Waals surface area contributed by atoms with E-state index in [1.54, 1.807) is 0 Å². The first-order valence-electron chi connectivity index (χ1n) is 5.35. The molecule has 0 spiro atoms. The van der Waals surface area contributed by atoms with E-state index in [-0.39, 0.29) is 0 Å². The van der Waals surface area contributed by atoms with Crippen LogP contribution in [0.1, 0.15) is 23.6 Å². The lowest BCUT2D eigenvalue weighted by molar-refractivity contribution is 0.686. The fraction of sp³-hybridized carbons (Fsp3) is 0.308. The molecule has 0 saturated carbocycles. The number of hydrogen-bond acceptors (Lipinski definition) is 1. The van der Waals surface area contributed by atoms with E-state index in [1.165, 1.54) is 16.7 Å². The minimum atomic E-state index is 0.859. The molecule has 2 heteroatoms. The summed E-state index contributed by atoms with van der Waals surface area (Å²) in [5, 5.41) is 4.27. The van der Waals surface area contributed by atoms with Gasteiger partial charge in [-0.15, -0.1) is 0 Å². The number of hydrogen-bond donors (Lipinski definition) is 0. The normalized spacial score (nSPS) is 10.5. The van der Waals surface area contributed by atoms with E-state index in [0.717, 1.165) is 13.0 Å². The molecule has 78 valence electrons. The Labute approximate surface area is 90.6 Å². The molecule has 0 amide bonds. The Morgan fingerprint density at radius 2 is 1.80 bits per heavy atom. The highest BCUT2D eigenvalue weighted by Gasteiger charge is 1.96. The smallest absolute Gasteiger partial charge is 0.0659 e. The summed E-state index contributed by atoms with van der Waals surface area (Å²) in [6.07, 6.45) is 5.05. The Morgan fingerprint density at radius 3 is 2.33 bits per heavy atom. The zero-order valence-corrected chi connectivity index (χ0v) is 9.27. The van der Waals surface area contributed by atoms with Gasteiger partial charge in [-0.05, 0) is 30.0 Å². The van der Waals surface area contributed by atoms with Gasteiger partial charge < -0.3 is 0 Å². The Balaban J connectivity index is 2.11. The van der Waals surface area contributed by atoms with Gasteiger partial charge in [0.05, 0.1) is 12.7 Å². The van der Waals surface area contributed by atoms with E-state index >= 15 is 0 Å².